The number of hydrogen-bond acceptors (Lipinski definition) is 21. The van der Waals surface area contributed by atoms with Gasteiger partial charge < -0.3 is 90.2 Å². The van der Waals surface area contributed by atoms with Gasteiger partial charge in [-0.05, 0) is 67.8 Å². The number of benzene rings is 11. The van der Waals surface area contributed by atoms with Gasteiger partial charge in [0.15, 0.2) is 25.0 Å². The maximum absolute atomic E-state index is 15.9. The van der Waals surface area contributed by atoms with Gasteiger partial charge in [-0.3, -0.25) is 4.57 Å². The Bertz CT molecular complexity index is 4850. The van der Waals surface area contributed by atoms with Crippen molar-refractivity contribution in [3.63, 3.8) is 0 Å². The Morgan fingerprint density at radius 3 is 1.02 bits per heavy atom. The van der Waals surface area contributed by atoms with Crippen molar-refractivity contribution in [2.24, 2.45) is 0 Å². The second-order valence-electron chi connectivity index (χ2n) is 29.7. The third-order valence-electron chi connectivity index (χ3n) is 20.9. The Hall–Kier alpha value is -10.3. The molecule has 11 aromatic rings. The highest BCUT2D eigenvalue weighted by atomic mass is 31.2. The molecule has 22 nitrogen and oxygen atoms in total. The summed E-state index contributed by atoms with van der Waals surface area (Å²) < 4.78 is 142. The SMILES string of the molecule is CO[C@H]1O[C@H](COP(=O)(CCNC(=O)OCc2ccccc2)OCc2ccccc2)[C@@H](O[C@H]2O[C@H](CO[C@H]3O[C@H](COCc4ccccc4)[C@@H](OCc4ccccc4)[C@H](OCc4ccccc4)[C@@H]3OC(=O)c3ccccc3)[C@@H](OCc3ccccc3)[C@H](OCc3ccccc3)[C@@H]2OCc2ccccc2)[C@H](OCc2ccccc2)[C@H]1OCc1ccccc1. The maximum Gasteiger partial charge on any atom is 0.407 e. The zero-order valence-electron chi connectivity index (χ0n) is 68.0. The summed E-state index contributed by atoms with van der Waals surface area (Å²) in [5.41, 5.74) is 8.48. The summed E-state index contributed by atoms with van der Waals surface area (Å²) in [5, 5.41) is 2.75. The second kappa shape index (κ2) is 46.8. The molecular weight excluding hydrogens is 1570 g/mol. The third kappa shape index (κ3) is 26.4. The molecule has 1 N–H and O–H groups in total. The van der Waals surface area contributed by atoms with E-state index in [0.29, 0.717) is 5.56 Å². The van der Waals surface area contributed by atoms with E-state index in [1.54, 1.807) is 24.3 Å². The van der Waals surface area contributed by atoms with E-state index in [-0.39, 0.29) is 97.6 Å². The standard InChI is InChI=1S/C99H104NO21P/c1-104-96-92(111-65-78-47-25-8-26-48-78)91(110-64-77-45-23-7-24-46-77)88(85(117-96)71-116-122(103,115-68-81-53-31-11-32-54-81)58-57-100-99(102)114-67-80-51-29-10-30-52-80)121-98-93(112-66-79-49-27-9-28-50-79)89(108-62-75-41-19-5-20-42-75)87(107-61-74-39-17-4-18-40-74)84(119-98)70-113-97-94(120-95(101)82-55-33-12-34-56-82)90(109-63-76-43-21-6-22-44-76)86(106-60-73-37-15-3-16-38-73)83(118-97)69-105-59-72-35-13-2-14-36-72/h2-56,83-94,96-98H,57-71H2,1H3,(H,100,102)/t83-,84-,85-,86-,87-,88-,89+,90+,91+,92-,93+,94+,96+,97+,98-,122?/m1/s1. The highest BCUT2D eigenvalue weighted by Gasteiger charge is 2.57. The van der Waals surface area contributed by atoms with Crippen molar-refractivity contribution >= 4 is 19.7 Å². The summed E-state index contributed by atoms with van der Waals surface area (Å²) >= 11 is 0. The molecule has 0 radical (unpaired) electrons. The van der Waals surface area contributed by atoms with Gasteiger partial charge in [0.25, 0.3) is 0 Å². The number of nitrogens with one attached hydrogen (secondary N) is 1. The first-order chi connectivity index (χ1) is 60.1. The third-order valence-corrected chi connectivity index (χ3v) is 22.8. The summed E-state index contributed by atoms with van der Waals surface area (Å²) in [6, 6.07) is 105. The van der Waals surface area contributed by atoms with Crippen LogP contribution in [-0.4, -0.2) is 144 Å². The number of esters is 1. The second-order valence-corrected chi connectivity index (χ2v) is 31.9. The van der Waals surface area contributed by atoms with Crippen LogP contribution in [0.25, 0.3) is 0 Å². The van der Waals surface area contributed by atoms with E-state index < -0.39 is 118 Å². The van der Waals surface area contributed by atoms with Crippen molar-refractivity contribution in [1.82, 2.24) is 5.32 Å². The molecule has 0 aromatic heterocycles. The van der Waals surface area contributed by atoms with Crippen LogP contribution in [0, 0.1) is 0 Å². The fourth-order valence-electron chi connectivity index (χ4n) is 14.6. The molecular formula is C99H104NO21P. The van der Waals surface area contributed by atoms with Gasteiger partial charge in [-0.2, -0.15) is 0 Å². The number of rotatable bonds is 44. The molecule has 3 aliphatic rings. The number of carbonyl (C=O) groups is 2. The zero-order chi connectivity index (χ0) is 83.6. The van der Waals surface area contributed by atoms with E-state index >= 15 is 9.36 Å². The lowest BCUT2D eigenvalue weighted by molar-refractivity contribution is -0.379. The van der Waals surface area contributed by atoms with Crippen LogP contribution < -0.4 is 5.32 Å². The average molecular weight is 1670 g/mol. The van der Waals surface area contributed by atoms with Crippen LogP contribution in [0.4, 0.5) is 4.79 Å². The summed E-state index contributed by atoms with van der Waals surface area (Å²) in [7, 11) is -2.81. The largest absolute Gasteiger partial charge is 0.450 e. The van der Waals surface area contributed by atoms with Gasteiger partial charge in [0, 0.05) is 13.7 Å². The van der Waals surface area contributed by atoms with Gasteiger partial charge >= 0.3 is 19.7 Å². The molecule has 0 bridgehead atoms. The summed E-state index contributed by atoms with van der Waals surface area (Å²) in [5.74, 6) is -0.685. The summed E-state index contributed by atoms with van der Waals surface area (Å²) in [6.45, 7) is -0.676. The molecule has 3 aliphatic heterocycles. The van der Waals surface area contributed by atoms with Crippen LogP contribution in [0.3, 0.4) is 0 Å². The van der Waals surface area contributed by atoms with Crippen LogP contribution >= 0.6 is 7.60 Å². The highest BCUT2D eigenvalue weighted by Crippen LogP contribution is 2.50. The molecule has 1 unspecified atom stereocenters. The molecule has 0 saturated carbocycles. The van der Waals surface area contributed by atoms with Crippen molar-refractivity contribution in [2.75, 3.05) is 39.6 Å². The molecule has 0 spiro atoms. The lowest BCUT2D eigenvalue weighted by Crippen LogP contribution is -2.67. The first-order valence-corrected chi connectivity index (χ1v) is 42.9. The van der Waals surface area contributed by atoms with Gasteiger partial charge in [0.2, 0.25) is 0 Å². The molecule has 16 atom stereocenters. The lowest BCUT2D eigenvalue weighted by Gasteiger charge is -2.50. The van der Waals surface area contributed by atoms with E-state index in [9.17, 15) is 4.79 Å². The predicted molar refractivity (Wildman–Crippen MR) is 455 cm³/mol. The van der Waals surface area contributed by atoms with Crippen LogP contribution in [0.5, 0.6) is 0 Å². The number of hydrogen-bond donors (Lipinski definition) is 1. The van der Waals surface area contributed by atoms with Gasteiger partial charge in [-0.25, -0.2) is 9.59 Å². The fourth-order valence-corrected chi connectivity index (χ4v) is 16.0. The molecule has 3 saturated heterocycles. The number of carbonyl (C=O) groups excluding carboxylic acids is 2. The fraction of sp³-hybridized carbons (Fsp3) is 0.313. The van der Waals surface area contributed by atoms with Crippen LogP contribution in [0.2, 0.25) is 0 Å². The van der Waals surface area contributed by atoms with Crippen LogP contribution in [0.1, 0.15) is 66.0 Å². The van der Waals surface area contributed by atoms with Crippen molar-refractivity contribution in [3.05, 3.63) is 395 Å². The molecule has 0 aliphatic carbocycles. The van der Waals surface area contributed by atoms with Crippen molar-refractivity contribution in [2.45, 2.75) is 158 Å². The molecule has 122 heavy (non-hydrogen) atoms. The zero-order valence-corrected chi connectivity index (χ0v) is 68.9. The molecule has 14 rings (SSSR count). The number of alkyl carbamates (subject to hydrolysis) is 1. The minimum absolute atomic E-state index is 0.000681. The van der Waals surface area contributed by atoms with E-state index in [4.69, 9.17) is 84.8 Å². The first kappa shape index (κ1) is 88.1. The van der Waals surface area contributed by atoms with E-state index in [0.717, 1.165) is 50.1 Å². The minimum atomic E-state index is -4.31. The monoisotopic (exact) mass is 1670 g/mol. The molecule has 636 valence electrons. The van der Waals surface area contributed by atoms with E-state index in [1.165, 1.54) is 7.11 Å². The Balaban J connectivity index is 0.878. The molecule has 3 fully saturated rings. The van der Waals surface area contributed by atoms with Crippen molar-refractivity contribution < 1.29 is 99.0 Å². The predicted octanol–water partition coefficient (Wildman–Crippen LogP) is 17.1. The lowest BCUT2D eigenvalue weighted by atomic mass is 9.95. The number of amides is 1. The van der Waals surface area contributed by atoms with Crippen LogP contribution in [0.15, 0.2) is 334 Å². The Kier molecular flexibility index (Phi) is 33.8. The Morgan fingerprint density at radius 2 is 0.615 bits per heavy atom. The quantitative estimate of drug-likeness (QED) is 0.0276. The highest BCUT2D eigenvalue weighted by molar-refractivity contribution is 7.53. The topological polar surface area (TPSA) is 229 Å². The normalized spacial score (nSPS) is 23.2. The molecule has 23 heteroatoms. The maximum atomic E-state index is 15.9. The summed E-state index contributed by atoms with van der Waals surface area (Å²) in [6.07, 6.45) is -19.2. The average Bonchev–Trinajstić information content (AvgIpc) is 0.772. The van der Waals surface area contributed by atoms with E-state index in [1.807, 2.05) is 309 Å². The minimum Gasteiger partial charge on any atom is -0.450 e. The van der Waals surface area contributed by atoms with Gasteiger partial charge in [0.1, 0.15) is 73.8 Å². The molecule has 1 amide bonds. The Morgan fingerprint density at radius 1 is 0.303 bits per heavy atom. The van der Waals surface area contributed by atoms with Crippen LogP contribution in [-0.2, 0) is 155 Å². The van der Waals surface area contributed by atoms with Crippen molar-refractivity contribution in [3.8, 4) is 0 Å². The van der Waals surface area contributed by atoms with Gasteiger partial charge in [-0.1, -0.05) is 322 Å². The Labute approximate surface area is 712 Å². The molecule has 3 heterocycles. The van der Waals surface area contributed by atoms with Gasteiger partial charge in [-0.15, -0.1) is 0 Å². The first-order valence-electron chi connectivity index (χ1n) is 41.2. The van der Waals surface area contributed by atoms with E-state index in [2.05, 4.69) is 5.32 Å². The van der Waals surface area contributed by atoms with Crippen molar-refractivity contribution in [1.29, 1.82) is 0 Å². The molecule has 11 aromatic carbocycles. The smallest absolute Gasteiger partial charge is 0.407 e. The van der Waals surface area contributed by atoms with Gasteiger partial charge in [0.05, 0.1) is 91.0 Å². The number of methoxy groups -OCH3 is 1. The summed E-state index contributed by atoms with van der Waals surface area (Å²) in [4.78, 5) is 28.5. The number of ether oxygens (including phenoxy) is 16.